The quantitative estimate of drug-likeness (QED) is 0.663. The van der Waals surface area contributed by atoms with Crippen LogP contribution in [-0.4, -0.2) is 37.5 Å². The van der Waals surface area contributed by atoms with Gasteiger partial charge < -0.3 is 9.47 Å². The molecule has 1 N–H and O–H groups in total. The molecule has 4 heteroatoms. The number of nitriles is 1. The van der Waals surface area contributed by atoms with Gasteiger partial charge in [0, 0.05) is 20.1 Å². The summed E-state index contributed by atoms with van der Waals surface area (Å²) >= 11 is 0. The Labute approximate surface area is 118 Å². The van der Waals surface area contributed by atoms with Crippen molar-refractivity contribution in [2.24, 2.45) is 0 Å². The lowest BCUT2D eigenvalue weighted by atomic mass is 9.96. The molecule has 0 rings (SSSR count). The Morgan fingerprint density at radius 3 is 2.42 bits per heavy atom. The first-order chi connectivity index (χ1) is 8.78. The Bertz CT molecular complexity index is 286. The maximum absolute atomic E-state index is 9.27. The van der Waals surface area contributed by atoms with E-state index in [9.17, 15) is 5.26 Å². The van der Waals surface area contributed by atoms with E-state index in [4.69, 9.17) is 9.47 Å². The molecule has 0 aromatic carbocycles. The summed E-state index contributed by atoms with van der Waals surface area (Å²) in [6.07, 6.45) is 2.62. The zero-order valence-corrected chi connectivity index (χ0v) is 13.4. The molecule has 0 heterocycles. The van der Waals surface area contributed by atoms with Crippen LogP contribution in [0.15, 0.2) is 0 Å². The van der Waals surface area contributed by atoms with Crippen molar-refractivity contribution in [2.45, 2.75) is 71.1 Å². The van der Waals surface area contributed by atoms with E-state index in [1.54, 1.807) is 7.11 Å². The maximum Gasteiger partial charge on any atom is 0.106 e. The van der Waals surface area contributed by atoms with Gasteiger partial charge in [-0.1, -0.05) is 6.92 Å². The van der Waals surface area contributed by atoms with Crippen molar-refractivity contribution >= 4 is 0 Å². The minimum absolute atomic E-state index is 0.0571. The highest BCUT2D eigenvalue weighted by molar-refractivity contribution is 5.04. The van der Waals surface area contributed by atoms with Gasteiger partial charge in [0.2, 0.25) is 0 Å². The van der Waals surface area contributed by atoms with Gasteiger partial charge in [0.25, 0.3) is 0 Å². The first kappa shape index (κ1) is 18.4. The lowest BCUT2D eigenvalue weighted by molar-refractivity contribution is -0.0274. The number of methoxy groups -OCH3 is 1. The van der Waals surface area contributed by atoms with Crippen LogP contribution in [0.5, 0.6) is 0 Å². The van der Waals surface area contributed by atoms with E-state index >= 15 is 0 Å². The highest BCUT2D eigenvalue weighted by Gasteiger charge is 2.26. The van der Waals surface area contributed by atoms with Gasteiger partial charge in [-0.15, -0.1) is 0 Å². The van der Waals surface area contributed by atoms with E-state index in [-0.39, 0.29) is 11.7 Å². The summed E-state index contributed by atoms with van der Waals surface area (Å²) < 4.78 is 11.1. The van der Waals surface area contributed by atoms with Crippen LogP contribution in [0.25, 0.3) is 0 Å². The molecule has 2 atom stereocenters. The molecular formula is C15H30N2O2. The topological polar surface area (TPSA) is 54.3 Å². The monoisotopic (exact) mass is 270 g/mol. The van der Waals surface area contributed by atoms with Crippen molar-refractivity contribution in [1.29, 1.82) is 5.26 Å². The second-order valence-electron chi connectivity index (χ2n) is 5.97. The Morgan fingerprint density at radius 1 is 1.32 bits per heavy atom. The Balaban J connectivity index is 4.08. The number of hydrogen-bond acceptors (Lipinski definition) is 4. The van der Waals surface area contributed by atoms with E-state index < -0.39 is 5.54 Å². The smallest absolute Gasteiger partial charge is 0.106 e. The van der Waals surface area contributed by atoms with Crippen molar-refractivity contribution in [2.75, 3.05) is 20.3 Å². The lowest BCUT2D eigenvalue weighted by Crippen LogP contribution is -2.44. The van der Waals surface area contributed by atoms with E-state index in [2.05, 4.69) is 18.3 Å². The number of rotatable bonds is 10. The van der Waals surface area contributed by atoms with Crippen molar-refractivity contribution in [1.82, 2.24) is 5.32 Å². The molecule has 0 aromatic heterocycles. The molecule has 0 spiro atoms. The number of hydrogen-bond donors (Lipinski definition) is 1. The van der Waals surface area contributed by atoms with Crippen LogP contribution in [-0.2, 0) is 9.47 Å². The van der Waals surface area contributed by atoms with Gasteiger partial charge in [-0.05, 0) is 47.1 Å². The first-order valence-corrected chi connectivity index (χ1v) is 7.11. The van der Waals surface area contributed by atoms with E-state index in [1.165, 1.54) is 0 Å². The molecule has 0 radical (unpaired) electrons. The molecule has 0 fully saturated rings. The van der Waals surface area contributed by atoms with Crippen LogP contribution in [0.4, 0.5) is 0 Å². The Hall–Kier alpha value is -0.630. The van der Waals surface area contributed by atoms with Gasteiger partial charge in [-0.3, -0.25) is 5.32 Å². The third-order valence-corrected chi connectivity index (χ3v) is 3.37. The van der Waals surface area contributed by atoms with E-state index in [0.717, 1.165) is 19.4 Å². The highest BCUT2D eigenvalue weighted by Crippen LogP contribution is 2.17. The third kappa shape index (κ3) is 8.20. The van der Waals surface area contributed by atoms with Crippen LogP contribution in [0.3, 0.4) is 0 Å². The molecule has 0 saturated heterocycles. The van der Waals surface area contributed by atoms with Crippen LogP contribution in [0.2, 0.25) is 0 Å². The summed E-state index contributed by atoms with van der Waals surface area (Å²) in [6.45, 7) is 11.6. The van der Waals surface area contributed by atoms with Crippen molar-refractivity contribution in [3.63, 3.8) is 0 Å². The Kier molecular flexibility index (Phi) is 8.24. The van der Waals surface area contributed by atoms with E-state index in [1.807, 2.05) is 27.7 Å². The fourth-order valence-electron chi connectivity index (χ4n) is 1.80. The number of nitrogens with one attached hydrogen (secondary N) is 1. The predicted molar refractivity (Wildman–Crippen MR) is 78.0 cm³/mol. The fraction of sp³-hybridized carbons (Fsp3) is 0.933. The minimum atomic E-state index is -0.508. The molecule has 0 saturated carbocycles. The van der Waals surface area contributed by atoms with Gasteiger partial charge in [0.05, 0.1) is 17.8 Å². The molecule has 0 amide bonds. The van der Waals surface area contributed by atoms with Gasteiger partial charge in [0.1, 0.15) is 5.54 Å². The third-order valence-electron chi connectivity index (χ3n) is 3.37. The highest BCUT2D eigenvalue weighted by atomic mass is 16.5. The maximum atomic E-state index is 9.27. The summed E-state index contributed by atoms with van der Waals surface area (Å²) in [4.78, 5) is 0. The minimum Gasteiger partial charge on any atom is -0.379 e. The lowest BCUT2D eigenvalue weighted by Gasteiger charge is -2.28. The largest absolute Gasteiger partial charge is 0.379 e. The molecule has 0 aliphatic rings. The average molecular weight is 270 g/mol. The van der Waals surface area contributed by atoms with Crippen LogP contribution in [0.1, 0.15) is 53.9 Å². The standard InChI is InChI=1S/C15H30N2O2/c1-7-9-17-15(5,12-16)11-13(2)19-10-8-14(3,4)18-6/h13,17H,7-11H2,1-6H3. The summed E-state index contributed by atoms with van der Waals surface area (Å²) in [5.74, 6) is 0. The van der Waals surface area contributed by atoms with Crippen molar-refractivity contribution < 1.29 is 9.47 Å². The molecular weight excluding hydrogens is 240 g/mol. The average Bonchev–Trinajstić information content (AvgIpc) is 2.36. The number of ether oxygens (including phenoxy) is 2. The van der Waals surface area contributed by atoms with Crippen molar-refractivity contribution in [3.05, 3.63) is 0 Å². The SMILES string of the molecule is CCCNC(C)(C#N)CC(C)OCCC(C)(C)OC. The van der Waals surface area contributed by atoms with E-state index in [0.29, 0.717) is 13.0 Å². The molecule has 112 valence electrons. The molecule has 19 heavy (non-hydrogen) atoms. The van der Waals surface area contributed by atoms with Gasteiger partial charge in [0.15, 0.2) is 0 Å². The van der Waals surface area contributed by atoms with Crippen molar-refractivity contribution in [3.8, 4) is 6.07 Å². The fourth-order valence-corrected chi connectivity index (χ4v) is 1.80. The first-order valence-electron chi connectivity index (χ1n) is 7.11. The van der Waals surface area contributed by atoms with Gasteiger partial charge >= 0.3 is 0 Å². The summed E-state index contributed by atoms with van der Waals surface area (Å²) in [5, 5.41) is 12.5. The zero-order chi connectivity index (χ0) is 14.9. The van der Waals surface area contributed by atoms with Crippen LogP contribution >= 0.6 is 0 Å². The molecule has 0 aliphatic heterocycles. The number of nitrogens with zero attached hydrogens (tertiary/aromatic N) is 1. The van der Waals surface area contributed by atoms with Crippen LogP contribution < -0.4 is 5.32 Å². The summed E-state index contributed by atoms with van der Waals surface area (Å²) in [6, 6.07) is 2.35. The van der Waals surface area contributed by atoms with Gasteiger partial charge in [-0.2, -0.15) is 5.26 Å². The molecule has 0 bridgehead atoms. The predicted octanol–water partition coefficient (Wildman–Crippen LogP) is 2.88. The second-order valence-corrected chi connectivity index (χ2v) is 5.97. The Morgan fingerprint density at radius 2 is 1.95 bits per heavy atom. The van der Waals surface area contributed by atoms with Crippen LogP contribution in [0, 0.1) is 11.3 Å². The summed E-state index contributed by atoms with van der Waals surface area (Å²) in [5.41, 5.74) is -0.662. The zero-order valence-electron chi connectivity index (χ0n) is 13.4. The molecule has 0 aliphatic carbocycles. The molecule has 2 unspecified atom stereocenters. The van der Waals surface area contributed by atoms with Gasteiger partial charge in [-0.25, -0.2) is 0 Å². The molecule has 0 aromatic rings. The summed E-state index contributed by atoms with van der Waals surface area (Å²) in [7, 11) is 1.71. The molecule has 4 nitrogen and oxygen atoms in total. The second kappa shape index (κ2) is 8.52. The normalized spacial score (nSPS) is 16.7.